The van der Waals surface area contributed by atoms with E-state index in [1.165, 1.54) is 18.2 Å². The van der Waals surface area contributed by atoms with Gasteiger partial charge in [-0.2, -0.15) is 5.10 Å². The Morgan fingerprint density at radius 1 is 1.23 bits per heavy atom. The topological polar surface area (TPSA) is 104 Å². The summed E-state index contributed by atoms with van der Waals surface area (Å²) < 4.78 is 13.0. The highest BCUT2D eigenvalue weighted by atomic mass is 19.1. The molecule has 0 aliphatic heterocycles. The number of likely N-dealkylation sites (N-methyl/N-ethyl adjacent to an activating group) is 1. The number of carbonyl (C=O) groups excluding carboxylic acids is 1. The Balaban J connectivity index is 1.46. The molecule has 3 rings (SSSR count). The summed E-state index contributed by atoms with van der Waals surface area (Å²) in [5, 5.41) is 21.0. The van der Waals surface area contributed by atoms with E-state index >= 15 is 0 Å². The van der Waals surface area contributed by atoms with Gasteiger partial charge in [-0.3, -0.25) is 24.9 Å². The van der Waals surface area contributed by atoms with Crippen LogP contribution in [0.3, 0.4) is 0 Å². The highest BCUT2D eigenvalue weighted by Gasteiger charge is 2.16. The summed E-state index contributed by atoms with van der Waals surface area (Å²) in [5.41, 5.74) is 3.37. The van der Waals surface area contributed by atoms with Crippen LogP contribution in [0.1, 0.15) is 17.7 Å². The fraction of sp³-hybridized carbons (Fsp3) is 0.273. The molecule has 2 N–H and O–H groups in total. The van der Waals surface area contributed by atoms with E-state index in [2.05, 4.69) is 15.5 Å². The number of hydrogen-bond acceptors (Lipinski definition) is 5. The van der Waals surface area contributed by atoms with Crippen molar-refractivity contribution < 1.29 is 14.1 Å². The van der Waals surface area contributed by atoms with Crippen molar-refractivity contribution in [3.63, 3.8) is 0 Å². The van der Waals surface area contributed by atoms with E-state index < -0.39 is 4.92 Å². The number of benzene rings is 2. The Hall–Kier alpha value is -3.59. The molecule has 0 saturated heterocycles. The fourth-order valence-electron chi connectivity index (χ4n) is 3.21. The van der Waals surface area contributed by atoms with Crippen LogP contribution < -0.4 is 5.32 Å². The van der Waals surface area contributed by atoms with E-state index in [4.69, 9.17) is 0 Å². The highest BCUT2D eigenvalue weighted by Crippen LogP contribution is 2.25. The monoisotopic (exact) mass is 425 g/mol. The van der Waals surface area contributed by atoms with Gasteiger partial charge in [-0.05, 0) is 75.3 Å². The van der Waals surface area contributed by atoms with Gasteiger partial charge in [0.15, 0.2) is 0 Å². The molecule has 1 heterocycles. The molecule has 3 aromatic rings. The SMILES string of the molecule is Cc1ccc(NC(=O)CN(C)CCCc2cc(-c3ccc(F)cc3)n[nH]2)c([N+](=O)[O-])c1. The van der Waals surface area contributed by atoms with E-state index in [9.17, 15) is 19.3 Å². The zero-order valence-corrected chi connectivity index (χ0v) is 17.4. The zero-order chi connectivity index (χ0) is 22.4. The number of anilines is 1. The molecule has 31 heavy (non-hydrogen) atoms. The first-order chi connectivity index (χ1) is 14.8. The second-order valence-electron chi connectivity index (χ2n) is 7.45. The van der Waals surface area contributed by atoms with Crippen molar-refractivity contribution in [3.8, 4) is 11.3 Å². The summed E-state index contributed by atoms with van der Waals surface area (Å²) in [4.78, 5) is 24.8. The number of carbonyl (C=O) groups is 1. The maximum absolute atomic E-state index is 13.0. The smallest absolute Gasteiger partial charge is 0.293 e. The standard InChI is InChI=1S/C22H24FN5O3/c1-15-5-10-19(21(12-15)28(30)31)24-22(29)14-27(2)11-3-4-18-13-20(26-25-18)16-6-8-17(23)9-7-16/h5-10,12-13H,3-4,11,14H2,1-2H3,(H,24,29)(H,25,26). The minimum atomic E-state index is -0.503. The van der Waals surface area contributed by atoms with Crippen molar-refractivity contribution >= 4 is 17.3 Å². The molecule has 0 fully saturated rings. The lowest BCUT2D eigenvalue weighted by Gasteiger charge is -2.16. The normalized spacial score (nSPS) is 11.0. The van der Waals surface area contributed by atoms with Crippen LogP contribution in [0.2, 0.25) is 0 Å². The third-order valence-electron chi connectivity index (χ3n) is 4.79. The summed E-state index contributed by atoms with van der Waals surface area (Å²) in [6.07, 6.45) is 1.53. The molecule has 1 aromatic heterocycles. The predicted octanol–water partition coefficient (Wildman–Crippen LogP) is 3.94. The summed E-state index contributed by atoms with van der Waals surface area (Å²) in [5.74, 6) is -0.599. The molecule has 0 radical (unpaired) electrons. The molecule has 0 atom stereocenters. The molecule has 0 spiro atoms. The van der Waals surface area contributed by atoms with E-state index in [1.54, 1.807) is 31.2 Å². The largest absolute Gasteiger partial charge is 0.319 e. The summed E-state index contributed by atoms with van der Waals surface area (Å²) >= 11 is 0. The number of amides is 1. The number of aryl methyl sites for hydroxylation is 2. The van der Waals surface area contributed by atoms with Crippen LogP contribution in [0.15, 0.2) is 48.5 Å². The predicted molar refractivity (Wildman–Crippen MR) is 116 cm³/mol. The van der Waals surface area contributed by atoms with Crippen LogP contribution in [0.5, 0.6) is 0 Å². The maximum atomic E-state index is 13.0. The Morgan fingerprint density at radius 2 is 1.97 bits per heavy atom. The first-order valence-electron chi connectivity index (χ1n) is 9.85. The highest BCUT2D eigenvalue weighted by molar-refractivity contribution is 5.94. The molecule has 0 unspecified atom stereocenters. The molecule has 162 valence electrons. The molecule has 8 nitrogen and oxygen atoms in total. The lowest BCUT2D eigenvalue weighted by atomic mass is 10.1. The second kappa shape index (κ2) is 9.94. The van der Waals surface area contributed by atoms with Crippen LogP contribution in [0.4, 0.5) is 15.8 Å². The van der Waals surface area contributed by atoms with Gasteiger partial charge in [0.2, 0.25) is 5.91 Å². The van der Waals surface area contributed by atoms with E-state index in [0.29, 0.717) is 6.54 Å². The molecule has 1 amide bonds. The van der Waals surface area contributed by atoms with E-state index in [1.807, 2.05) is 18.0 Å². The van der Waals surface area contributed by atoms with Gasteiger partial charge in [0.25, 0.3) is 5.69 Å². The molecule has 2 aromatic carbocycles. The van der Waals surface area contributed by atoms with Crippen molar-refractivity contribution in [2.75, 3.05) is 25.5 Å². The lowest BCUT2D eigenvalue weighted by molar-refractivity contribution is -0.384. The van der Waals surface area contributed by atoms with Gasteiger partial charge in [0.1, 0.15) is 11.5 Å². The summed E-state index contributed by atoms with van der Waals surface area (Å²) in [6, 6.07) is 12.8. The van der Waals surface area contributed by atoms with Crippen molar-refractivity contribution in [1.29, 1.82) is 0 Å². The number of nitro groups is 1. The first-order valence-corrected chi connectivity index (χ1v) is 9.85. The average Bonchev–Trinajstić information content (AvgIpc) is 3.18. The molecule has 0 bridgehead atoms. The number of nitrogens with zero attached hydrogens (tertiary/aromatic N) is 3. The van der Waals surface area contributed by atoms with Crippen molar-refractivity contribution in [1.82, 2.24) is 15.1 Å². The van der Waals surface area contributed by atoms with Crippen molar-refractivity contribution in [3.05, 3.63) is 75.7 Å². The molecular formula is C22H24FN5O3. The third kappa shape index (κ3) is 6.19. The second-order valence-corrected chi connectivity index (χ2v) is 7.45. The van der Waals surface area contributed by atoms with Gasteiger partial charge < -0.3 is 5.32 Å². The first kappa shape index (κ1) is 22.1. The third-order valence-corrected chi connectivity index (χ3v) is 4.79. The fourth-order valence-corrected chi connectivity index (χ4v) is 3.21. The zero-order valence-electron chi connectivity index (χ0n) is 17.4. The molecule has 0 aliphatic carbocycles. The molecule has 0 aliphatic rings. The van der Waals surface area contributed by atoms with Crippen LogP contribution >= 0.6 is 0 Å². The average molecular weight is 425 g/mol. The van der Waals surface area contributed by atoms with Crippen LogP contribution in [-0.4, -0.2) is 46.1 Å². The lowest BCUT2D eigenvalue weighted by Crippen LogP contribution is -2.31. The van der Waals surface area contributed by atoms with Gasteiger partial charge in [0, 0.05) is 17.3 Å². The van der Waals surface area contributed by atoms with Crippen LogP contribution in [0, 0.1) is 22.9 Å². The van der Waals surface area contributed by atoms with E-state index in [0.717, 1.165) is 35.4 Å². The number of H-pyrrole nitrogens is 1. The number of nitrogens with one attached hydrogen (secondary N) is 2. The van der Waals surface area contributed by atoms with Gasteiger partial charge in [-0.1, -0.05) is 6.07 Å². The maximum Gasteiger partial charge on any atom is 0.293 e. The number of nitro benzene ring substituents is 1. The quantitative estimate of drug-likeness (QED) is 0.399. The number of hydrogen-bond donors (Lipinski definition) is 2. The number of aromatic nitrogens is 2. The van der Waals surface area contributed by atoms with E-state index in [-0.39, 0.29) is 29.6 Å². The Kier molecular flexibility index (Phi) is 7.09. The van der Waals surface area contributed by atoms with Gasteiger partial charge in [0.05, 0.1) is 17.2 Å². The van der Waals surface area contributed by atoms with Gasteiger partial charge in [-0.15, -0.1) is 0 Å². The number of rotatable bonds is 9. The van der Waals surface area contributed by atoms with Crippen molar-refractivity contribution in [2.24, 2.45) is 0 Å². The van der Waals surface area contributed by atoms with Crippen LogP contribution in [0.25, 0.3) is 11.3 Å². The molecular weight excluding hydrogens is 401 g/mol. The van der Waals surface area contributed by atoms with Gasteiger partial charge >= 0.3 is 0 Å². The minimum Gasteiger partial charge on any atom is -0.319 e. The van der Waals surface area contributed by atoms with Crippen molar-refractivity contribution in [2.45, 2.75) is 19.8 Å². The summed E-state index contributed by atoms with van der Waals surface area (Å²) in [7, 11) is 1.82. The number of halogens is 1. The minimum absolute atomic E-state index is 0.118. The Labute approximate surface area is 179 Å². The Bertz CT molecular complexity index is 1070. The molecule has 9 heteroatoms. The van der Waals surface area contributed by atoms with Crippen LogP contribution in [-0.2, 0) is 11.2 Å². The number of aromatic amines is 1. The van der Waals surface area contributed by atoms with Gasteiger partial charge in [-0.25, -0.2) is 4.39 Å². The Morgan fingerprint density at radius 3 is 2.68 bits per heavy atom. The summed E-state index contributed by atoms with van der Waals surface area (Å²) in [6.45, 7) is 2.54. The molecule has 0 saturated carbocycles.